The Kier molecular flexibility index (Phi) is 6.47. The molecule has 0 bridgehead atoms. The van der Waals surface area contributed by atoms with Crippen molar-refractivity contribution in [2.24, 2.45) is 0 Å². The molecule has 0 aliphatic heterocycles. The molecule has 0 aliphatic rings. The van der Waals surface area contributed by atoms with Gasteiger partial charge in [0.05, 0.1) is 18.5 Å². The van der Waals surface area contributed by atoms with Crippen LogP contribution in [-0.2, 0) is 17.4 Å². The third-order valence-corrected chi connectivity index (χ3v) is 3.18. The summed E-state index contributed by atoms with van der Waals surface area (Å²) in [4.78, 5) is 11.7. The minimum absolute atomic E-state index is 0.0597. The van der Waals surface area contributed by atoms with E-state index in [1.807, 2.05) is 30.3 Å². The Morgan fingerprint density at radius 2 is 1.80 bits per heavy atom. The van der Waals surface area contributed by atoms with Crippen molar-refractivity contribution in [2.75, 3.05) is 13.2 Å². The van der Waals surface area contributed by atoms with Crippen LogP contribution in [0.25, 0.3) is 0 Å². The van der Waals surface area contributed by atoms with Gasteiger partial charge in [-0.25, -0.2) is 0 Å². The van der Waals surface area contributed by atoms with Gasteiger partial charge < -0.3 is 10.1 Å². The summed E-state index contributed by atoms with van der Waals surface area (Å²) in [5.41, 5.74) is 0.131. The smallest absolute Gasteiger partial charge is 0.416 e. The first-order valence-corrected chi connectivity index (χ1v) is 7.51. The van der Waals surface area contributed by atoms with Gasteiger partial charge in [0.15, 0.2) is 0 Å². The van der Waals surface area contributed by atoms with Crippen LogP contribution in [0.2, 0.25) is 0 Å². The van der Waals surface area contributed by atoms with Crippen LogP contribution >= 0.6 is 0 Å². The van der Waals surface area contributed by atoms with E-state index in [1.165, 1.54) is 12.1 Å². The fraction of sp³-hybridized carbons (Fsp3) is 0.211. The molecule has 25 heavy (non-hydrogen) atoms. The van der Waals surface area contributed by atoms with E-state index in [1.54, 1.807) is 0 Å². The second kappa shape index (κ2) is 8.78. The van der Waals surface area contributed by atoms with E-state index < -0.39 is 11.7 Å². The van der Waals surface area contributed by atoms with Crippen LogP contribution in [0.3, 0.4) is 0 Å². The average Bonchev–Trinajstić information content (AvgIpc) is 2.58. The molecule has 2 rings (SSSR count). The number of alkyl halides is 3. The maximum Gasteiger partial charge on any atom is 0.416 e. The van der Waals surface area contributed by atoms with Gasteiger partial charge in [-0.1, -0.05) is 48.2 Å². The Morgan fingerprint density at radius 3 is 2.52 bits per heavy atom. The number of halogens is 3. The van der Waals surface area contributed by atoms with Crippen LogP contribution in [0.15, 0.2) is 54.6 Å². The molecule has 0 fully saturated rings. The molecule has 0 heterocycles. The minimum atomic E-state index is -4.41. The van der Waals surface area contributed by atoms with Crippen molar-refractivity contribution < 1.29 is 22.7 Å². The van der Waals surface area contributed by atoms with Crippen molar-refractivity contribution in [3.63, 3.8) is 0 Å². The number of nitrogens with one attached hydrogen (secondary N) is 1. The van der Waals surface area contributed by atoms with Crippen molar-refractivity contribution in [1.82, 2.24) is 5.32 Å². The van der Waals surface area contributed by atoms with E-state index in [2.05, 4.69) is 17.2 Å². The molecule has 2 aromatic carbocycles. The van der Waals surface area contributed by atoms with Crippen molar-refractivity contribution >= 4 is 5.91 Å². The fourth-order valence-electron chi connectivity index (χ4n) is 1.98. The molecule has 3 nitrogen and oxygen atoms in total. The van der Waals surface area contributed by atoms with Crippen molar-refractivity contribution in [3.8, 4) is 17.6 Å². The second-order valence-electron chi connectivity index (χ2n) is 5.11. The second-order valence-corrected chi connectivity index (χ2v) is 5.11. The summed E-state index contributed by atoms with van der Waals surface area (Å²) < 4.78 is 42.9. The molecule has 1 amide bonds. The lowest BCUT2D eigenvalue weighted by Gasteiger charge is -2.08. The zero-order chi connectivity index (χ0) is 18.1. The Balaban J connectivity index is 1.72. The Labute approximate surface area is 143 Å². The number of hydrogen-bond donors (Lipinski definition) is 1. The number of hydrogen-bond acceptors (Lipinski definition) is 2. The third kappa shape index (κ3) is 6.60. The zero-order valence-electron chi connectivity index (χ0n) is 13.3. The van der Waals surface area contributed by atoms with Gasteiger partial charge in [0.1, 0.15) is 12.4 Å². The summed E-state index contributed by atoms with van der Waals surface area (Å²) in [5, 5.41) is 2.64. The molecule has 130 valence electrons. The molecule has 0 aromatic heterocycles. The van der Waals surface area contributed by atoms with Crippen molar-refractivity contribution in [3.05, 3.63) is 65.7 Å². The number of rotatable bonds is 5. The standard InChI is InChI=1S/C19H16F3NO2/c20-19(21,22)16-9-6-10-17(14-16)25-12-5-4-11-23-18(24)13-15-7-2-1-3-8-15/h1-3,6-10,14H,11-13H2,(H,23,24). The quantitative estimate of drug-likeness (QED) is 0.842. The average molecular weight is 347 g/mol. The summed E-state index contributed by atoms with van der Waals surface area (Å²) in [7, 11) is 0. The minimum Gasteiger partial charge on any atom is -0.481 e. The fourth-order valence-corrected chi connectivity index (χ4v) is 1.98. The molecule has 0 saturated carbocycles. The third-order valence-electron chi connectivity index (χ3n) is 3.18. The summed E-state index contributed by atoms with van der Waals surface area (Å²) in [5.74, 6) is 5.27. The molecule has 2 aromatic rings. The first-order chi connectivity index (χ1) is 11.9. The van der Waals surface area contributed by atoms with E-state index in [0.717, 1.165) is 17.7 Å². The molecule has 0 atom stereocenters. The van der Waals surface area contributed by atoms with E-state index in [9.17, 15) is 18.0 Å². The molecule has 0 saturated heterocycles. The molecule has 1 N–H and O–H groups in total. The number of carbonyl (C=O) groups is 1. The van der Waals surface area contributed by atoms with Crippen LogP contribution < -0.4 is 10.1 Å². The highest BCUT2D eigenvalue weighted by Gasteiger charge is 2.30. The van der Waals surface area contributed by atoms with Gasteiger partial charge in [-0.15, -0.1) is 0 Å². The number of amides is 1. The lowest BCUT2D eigenvalue weighted by molar-refractivity contribution is -0.137. The van der Waals surface area contributed by atoms with E-state index in [4.69, 9.17) is 4.74 Å². The lowest BCUT2D eigenvalue weighted by Crippen LogP contribution is -2.25. The zero-order valence-corrected chi connectivity index (χ0v) is 13.3. The highest BCUT2D eigenvalue weighted by atomic mass is 19.4. The molecule has 0 unspecified atom stereocenters. The van der Waals surface area contributed by atoms with Crippen LogP contribution in [0, 0.1) is 11.8 Å². The van der Waals surface area contributed by atoms with Gasteiger partial charge in [-0.05, 0) is 23.8 Å². The highest BCUT2D eigenvalue weighted by molar-refractivity contribution is 5.78. The summed E-state index contributed by atoms with van der Waals surface area (Å²) >= 11 is 0. The van der Waals surface area contributed by atoms with Crippen LogP contribution in [0.1, 0.15) is 11.1 Å². The van der Waals surface area contributed by atoms with Crippen LogP contribution in [0.4, 0.5) is 13.2 Å². The van der Waals surface area contributed by atoms with E-state index in [-0.39, 0.29) is 31.2 Å². The number of benzene rings is 2. The van der Waals surface area contributed by atoms with Gasteiger partial charge in [0.2, 0.25) is 5.91 Å². The summed E-state index contributed by atoms with van der Waals surface area (Å²) in [6.07, 6.45) is -4.14. The monoisotopic (exact) mass is 347 g/mol. The maximum absolute atomic E-state index is 12.6. The van der Waals surface area contributed by atoms with Crippen molar-refractivity contribution in [2.45, 2.75) is 12.6 Å². The Bertz CT molecular complexity index is 761. The summed E-state index contributed by atoms with van der Waals surface area (Å²) in [6.45, 7) is 0.0908. The number of carbonyl (C=O) groups excluding carboxylic acids is 1. The molecular formula is C19H16F3NO2. The van der Waals surface area contributed by atoms with E-state index >= 15 is 0 Å². The van der Waals surface area contributed by atoms with Crippen LogP contribution in [-0.4, -0.2) is 19.1 Å². The van der Waals surface area contributed by atoms with Gasteiger partial charge >= 0.3 is 6.18 Å². The Hall–Kier alpha value is -2.94. The predicted molar refractivity (Wildman–Crippen MR) is 87.9 cm³/mol. The molecular weight excluding hydrogens is 331 g/mol. The topological polar surface area (TPSA) is 38.3 Å². The lowest BCUT2D eigenvalue weighted by atomic mass is 10.1. The van der Waals surface area contributed by atoms with E-state index in [0.29, 0.717) is 0 Å². The largest absolute Gasteiger partial charge is 0.481 e. The molecule has 0 spiro atoms. The van der Waals surface area contributed by atoms with Gasteiger partial charge in [-0.3, -0.25) is 4.79 Å². The number of ether oxygens (including phenoxy) is 1. The normalized spacial score (nSPS) is 10.5. The first-order valence-electron chi connectivity index (χ1n) is 7.51. The van der Waals surface area contributed by atoms with Crippen molar-refractivity contribution in [1.29, 1.82) is 0 Å². The first kappa shape index (κ1) is 18.4. The Morgan fingerprint density at radius 1 is 1.04 bits per heavy atom. The molecule has 0 aliphatic carbocycles. The summed E-state index contributed by atoms with van der Waals surface area (Å²) in [6, 6.07) is 13.9. The predicted octanol–water partition coefficient (Wildman–Crippen LogP) is 3.45. The highest BCUT2D eigenvalue weighted by Crippen LogP contribution is 2.31. The van der Waals surface area contributed by atoms with Gasteiger partial charge in [-0.2, -0.15) is 13.2 Å². The van der Waals surface area contributed by atoms with Crippen LogP contribution in [0.5, 0.6) is 5.75 Å². The molecule has 0 radical (unpaired) electrons. The van der Waals surface area contributed by atoms with Gasteiger partial charge in [0, 0.05) is 0 Å². The maximum atomic E-state index is 12.6. The van der Waals surface area contributed by atoms with Gasteiger partial charge in [0.25, 0.3) is 0 Å². The SMILES string of the molecule is O=C(Cc1ccccc1)NCC#CCOc1cccc(C(F)(F)F)c1. The molecule has 6 heteroatoms.